The number of benzene rings is 1. The van der Waals surface area contributed by atoms with E-state index in [1.54, 1.807) is 6.07 Å². The number of halogens is 1. The molecule has 32 heavy (non-hydrogen) atoms. The smallest absolute Gasteiger partial charge is 0.332 e. The molecule has 0 aliphatic carbocycles. The van der Waals surface area contributed by atoms with Crippen LogP contribution in [0.1, 0.15) is 12.8 Å². The Morgan fingerprint density at radius 3 is 2.81 bits per heavy atom. The molecule has 0 saturated carbocycles. The second kappa shape index (κ2) is 9.21. The Morgan fingerprint density at radius 2 is 2.09 bits per heavy atom. The molecule has 1 fully saturated rings. The highest BCUT2D eigenvalue weighted by Crippen LogP contribution is 2.26. The van der Waals surface area contributed by atoms with E-state index in [0.717, 1.165) is 29.2 Å². The molecule has 1 aliphatic rings. The lowest BCUT2D eigenvalue weighted by atomic mass is 10.2. The zero-order chi connectivity index (χ0) is 22.8. The molecule has 1 atom stereocenters. The van der Waals surface area contributed by atoms with Crippen molar-refractivity contribution in [2.75, 3.05) is 18.9 Å². The van der Waals surface area contributed by atoms with E-state index in [4.69, 9.17) is 4.74 Å². The van der Waals surface area contributed by atoms with Gasteiger partial charge < -0.3 is 10.1 Å². The lowest BCUT2D eigenvalue weighted by Crippen LogP contribution is -2.38. The van der Waals surface area contributed by atoms with E-state index in [1.807, 2.05) is 0 Å². The van der Waals surface area contributed by atoms with Crippen LogP contribution in [-0.2, 0) is 23.6 Å². The lowest BCUT2D eigenvalue weighted by molar-refractivity contribution is -0.119. The molecule has 0 bridgehead atoms. The van der Waals surface area contributed by atoms with Crippen molar-refractivity contribution in [3.05, 3.63) is 50.9 Å². The fourth-order valence-corrected chi connectivity index (χ4v) is 4.35. The predicted molar refractivity (Wildman–Crippen MR) is 118 cm³/mol. The van der Waals surface area contributed by atoms with E-state index in [1.165, 1.54) is 36.9 Å². The average molecular weight is 460 g/mol. The molecule has 3 heterocycles. The van der Waals surface area contributed by atoms with Crippen molar-refractivity contribution in [2.24, 2.45) is 14.1 Å². The van der Waals surface area contributed by atoms with Gasteiger partial charge in [-0.25, -0.2) is 19.2 Å². The third-order valence-electron chi connectivity index (χ3n) is 5.24. The van der Waals surface area contributed by atoms with Gasteiger partial charge in [0.25, 0.3) is 5.56 Å². The molecule has 1 amide bonds. The maximum atomic E-state index is 13.8. The van der Waals surface area contributed by atoms with Crippen molar-refractivity contribution >= 4 is 28.7 Å². The Labute approximate surface area is 186 Å². The molecule has 0 spiro atoms. The predicted octanol–water partition coefficient (Wildman–Crippen LogP) is 1.22. The van der Waals surface area contributed by atoms with Crippen molar-refractivity contribution in [1.29, 1.82) is 0 Å². The van der Waals surface area contributed by atoms with Crippen LogP contribution in [0.3, 0.4) is 0 Å². The number of hydrogen-bond donors (Lipinski definition) is 1. The Kier molecular flexibility index (Phi) is 6.38. The first kappa shape index (κ1) is 22.2. The molecular formula is C21H22FN5O4S. The van der Waals surface area contributed by atoms with Crippen LogP contribution in [0.15, 0.2) is 38.9 Å². The van der Waals surface area contributed by atoms with Gasteiger partial charge >= 0.3 is 5.69 Å². The minimum atomic E-state index is -0.559. The molecular weight excluding hydrogens is 437 g/mol. The lowest BCUT2D eigenvalue weighted by Gasteiger charge is -2.13. The monoisotopic (exact) mass is 459 g/mol. The van der Waals surface area contributed by atoms with Gasteiger partial charge in [-0.05, 0) is 25.0 Å². The number of nitrogens with one attached hydrogen (secondary N) is 1. The molecule has 4 rings (SSSR count). The summed E-state index contributed by atoms with van der Waals surface area (Å²) in [5.41, 5.74) is -0.591. The third-order valence-corrected chi connectivity index (χ3v) is 6.22. The second-order valence-corrected chi connectivity index (χ2v) is 8.46. The summed E-state index contributed by atoms with van der Waals surface area (Å²) < 4.78 is 21.5. The van der Waals surface area contributed by atoms with Crippen LogP contribution in [0.2, 0.25) is 0 Å². The average Bonchev–Trinajstić information content (AvgIpc) is 3.31. The molecule has 3 aromatic rings. The third kappa shape index (κ3) is 4.44. The minimum Gasteiger partial charge on any atom is -0.376 e. The number of carbonyl (C=O) groups is 1. The van der Waals surface area contributed by atoms with Crippen LogP contribution in [0.5, 0.6) is 0 Å². The molecule has 9 nitrogen and oxygen atoms in total. The molecule has 1 N–H and O–H groups in total. The van der Waals surface area contributed by atoms with Crippen molar-refractivity contribution in [3.8, 4) is 11.4 Å². The van der Waals surface area contributed by atoms with Gasteiger partial charge in [0, 0.05) is 32.8 Å². The van der Waals surface area contributed by atoms with Crippen LogP contribution >= 0.6 is 11.8 Å². The van der Waals surface area contributed by atoms with Crippen LogP contribution < -0.4 is 16.6 Å². The number of aromatic nitrogens is 4. The minimum absolute atomic E-state index is 0.00736. The number of carbonyl (C=O) groups excluding carboxylic acids is 1. The highest BCUT2D eigenvalue weighted by molar-refractivity contribution is 8.00. The number of fused-ring (bicyclic) bond motifs is 1. The van der Waals surface area contributed by atoms with Gasteiger partial charge in [0.2, 0.25) is 5.91 Å². The summed E-state index contributed by atoms with van der Waals surface area (Å²) in [6.45, 7) is 1.13. The van der Waals surface area contributed by atoms with E-state index < -0.39 is 17.1 Å². The zero-order valence-corrected chi connectivity index (χ0v) is 18.4. The van der Waals surface area contributed by atoms with Gasteiger partial charge in [0.15, 0.2) is 11.5 Å². The molecule has 168 valence electrons. The van der Waals surface area contributed by atoms with E-state index in [2.05, 4.69) is 15.3 Å². The fraction of sp³-hybridized carbons (Fsp3) is 0.381. The normalized spacial score (nSPS) is 15.9. The van der Waals surface area contributed by atoms with E-state index >= 15 is 0 Å². The maximum absolute atomic E-state index is 13.8. The summed E-state index contributed by atoms with van der Waals surface area (Å²) in [6.07, 6.45) is 1.91. The number of aryl methyl sites for hydroxylation is 1. The summed E-state index contributed by atoms with van der Waals surface area (Å²) in [5, 5.41) is 3.21. The summed E-state index contributed by atoms with van der Waals surface area (Å²) in [6, 6.07) is 5.71. The van der Waals surface area contributed by atoms with Crippen LogP contribution in [-0.4, -0.2) is 50.0 Å². The van der Waals surface area contributed by atoms with Crippen LogP contribution in [0.25, 0.3) is 22.4 Å². The maximum Gasteiger partial charge on any atom is 0.332 e. The fourth-order valence-electron chi connectivity index (χ4n) is 3.51. The summed E-state index contributed by atoms with van der Waals surface area (Å²) in [7, 11) is 2.86. The van der Waals surface area contributed by atoms with Crippen molar-refractivity contribution < 1.29 is 13.9 Å². The van der Waals surface area contributed by atoms with Gasteiger partial charge in [-0.2, -0.15) is 0 Å². The molecule has 0 radical (unpaired) electrons. The van der Waals surface area contributed by atoms with Gasteiger partial charge in [0.1, 0.15) is 16.2 Å². The number of nitrogens with zero attached hydrogens (tertiary/aromatic N) is 4. The Bertz CT molecular complexity index is 1300. The Morgan fingerprint density at radius 1 is 1.28 bits per heavy atom. The highest BCUT2D eigenvalue weighted by Gasteiger charge is 2.20. The molecule has 2 aromatic heterocycles. The van der Waals surface area contributed by atoms with Gasteiger partial charge in [-0.3, -0.25) is 18.7 Å². The van der Waals surface area contributed by atoms with Gasteiger partial charge in [0.05, 0.1) is 11.9 Å². The topological polar surface area (TPSA) is 108 Å². The van der Waals surface area contributed by atoms with E-state index in [0.29, 0.717) is 18.7 Å². The number of ether oxygens (including phenoxy) is 1. The van der Waals surface area contributed by atoms with E-state index in [-0.39, 0.29) is 39.6 Å². The SMILES string of the molecule is Cn1c(=O)c2c(SCC(=O)NC[C@@H]3CCCO3)nc(-c3cccc(F)c3)nc2n(C)c1=O. The van der Waals surface area contributed by atoms with Gasteiger partial charge in [-0.15, -0.1) is 0 Å². The molecule has 11 heteroatoms. The summed E-state index contributed by atoms with van der Waals surface area (Å²) in [5.74, 6) is -0.534. The largest absolute Gasteiger partial charge is 0.376 e. The zero-order valence-electron chi connectivity index (χ0n) is 17.6. The summed E-state index contributed by atoms with van der Waals surface area (Å²) in [4.78, 5) is 46.4. The molecule has 1 saturated heterocycles. The van der Waals surface area contributed by atoms with Crippen molar-refractivity contribution in [2.45, 2.75) is 24.0 Å². The highest BCUT2D eigenvalue weighted by atomic mass is 32.2. The standard InChI is InChI=1S/C21H22FN5O4S/c1-26-18-16(20(29)27(2)21(26)30)19(25-17(24-18)12-5-3-6-13(22)9-12)32-11-15(28)23-10-14-7-4-8-31-14/h3,5-6,9,14H,4,7-8,10-11H2,1-2H3,(H,23,28)/t14-/m0/s1. The number of hydrogen-bond acceptors (Lipinski definition) is 7. The van der Waals surface area contributed by atoms with Crippen LogP contribution in [0.4, 0.5) is 4.39 Å². The first-order valence-corrected chi connectivity index (χ1v) is 11.1. The number of thioether (sulfide) groups is 1. The van der Waals surface area contributed by atoms with Crippen LogP contribution in [0, 0.1) is 5.82 Å². The molecule has 0 unspecified atom stereocenters. The summed E-state index contributed by atoms with van der Waals surface area (Å²) >= 11 is 1.06. The van der Waals surface area contributed by atoms with Crippen molar-refractivity contribution in [3.63, 3.8) is 0 Å². The number of rotatable bonds is 6. The number of amides is 1. The Hall–Kier alpha value is -3.05. The van der Waals surface area contributed by atoms with Crippen molar-refractivity contribution in [1.82, 2.24) is 24.4 Å². The Balaban J connectivity index is 1.71. The second-order valence-electron chi connectivity index (χ2n) is 7.49. The first-order chi connectivity index (χ1) is 15.3. The quantitative estimate of drug-likeness (QED) is 0.436. The van der Waals surface area contributed by atoms with Gasteiger partial charge in [-0.1, -0.05) is 23.9 Å². The molecule has 1 aliphatic heterocycles. The first-order valence-electron chi connectivity index (χ1n) is 10.1. The molecule has 1 aromatic carbocycles. The van der Waals surface area contributed by atoms with E-state index in [9.17, 15) is 18.8 Å².